The average Bonchev–Trinajstić information content (AvgIpc) is 2.71. The number of carboxylic acids is 1. The zero-order valence-corrected chi connectivity index (χ0v) is 9.88. The topological polar surface area (TPSA) is 81.4 Å². The van der Waals surface area contributed by atoms with Crippen molar-refractivity contribution >= 4 is 17.6 Å². The molecular weight excluding hydrogens is 232 g/mol. The monoisotopic (exact) mass is 244 g/mol. The van der Waals surface area contributed by atoms with E-state index >= 15 is 0 Å². The minimum absolute atomic E-state index is 0.0361. The molecule has 92 valence electrons. The lowest BCUT2D eigenvalue weighted by Crippen LogP contribution is -2.25. The Balaban J connectivity index is 2.28. The van der Waals surface area contributed by atoms with Crippen LogP contribution in [-0.4, -0.2) is 23.5 Å². The summed E-state index contributed by atoms with van der Waals surface area (Å²) in [6.45, 7) is 1.98. The molecule has 0 radical (unpaired) electrons. The SMILES string of the molecule is Cc1cc(N2CC(C(=O)O)CC2=O)ccc1C#N. The Morgan fingerprint density at radius 2 is 2.28 bits per heavy atom. The Kier molecular flexibility index (Phi) is 3.02. The zero-order valence-electron chi connectivity index (χ0n) is 9.88. The highest BCUT2D eigenvalue weighted by atomic mass is 16.4. The highest BCUT2D eigenvalue weighted by molar-refractivity contribution is 5.99. The van der Waals surface area contributed by atoms with Crippen molar-refractivity contribution < 1.29 is 14.7 Å². The summed E-state index contributed by atoms with van der Waals surface area (Å²) in [4.78, 5) is 24.1. The van der Waals surface area contributed by atoms with Gasteiger partial charge in [-0.05, 0) is 30.7 Å². The molecule has 1 unspecified atom stereocenters. The van der Waals surface area contributed by atoms with Crippen molar-refractivity contribution in [2.75, 3.05) is 11.4 Å². The van der Waals surface area contributed by atoms with Gasteiger partial charge in [-0.15, -0.1) is 0 Å². The van der Waals surface area contributed by atoms with E-state index in [0.29, 0.717) is 11.3 Å². The normalized spacial score (nSPS) is 18.8. The minimum atomic E-state index is -0.948. The minimum Gasteiger partial charge on any atom is -0.481 e. The third-order valence-electron chi connectivity index (χ3n) is 3.12. The fraction of sp³-hybridized carbons (Fsp3) is 0.308. The van der Waals surface area contributed by atoms with Crippen molar-refractivity contribution in [3.8, 4) is 6.07 Å². The second-order valence-electron chi connectivity index (χ2n) is 4.35. The number of aliphatic carboxylic acids is 1. The average molecular weight is 244 g/mol. The van der Waals surface area contributed by atoms with E-state index in [0.717, 1.165) is 5.56 Å². The van der Waals surface area contributed by atoms with Crippen LogP contribution < -0.4 is 4.90 Å². The Bertz CT molecular complexity index is 560. The summed E-state index contributed by atoms with van der Waals surface area (Å²) in [7, 11) is 0. The lowest BCUT2D eigenvalue weighted by Gasteiger charge is -2.16. The second kappa shape index (κ2) is 4.49. The Labute approximate surface area is 104 Å². The van der Waals surface area contributed by atoms with Crippen LogP contribution in [0.15, 0.2) is 18.2 Å². The fourth-order valence-corrected chi connectivity index (χ4v) is 2.06. The van der Waals surface area contributed by atoms with E-state index in [-0.39, 0.29) is 18.9 Å². The molecule has 1 aromatic carbocycles. The van der Waals surface area contributed by atoms with E-state index < -0.39 is 11.9 Å². The maximum absolute atomic E-state index is 11.8. The highest BCUT2D eigenvalue weighted by Crippen LogP contribution is 2.26. The van der Waals surface area contributed by atoms with E-state index in [9.17, 15) is 9.59 Å². The third kappa shape index (κ3) is 2.05. The molecule has 1 fully saturated rings. The number of nitrogens with zero attached hydrogens (tertiary/aromatic N) is 2. The summed E-state index contributed by atoms with van der Waals surface area (Å²) in [5.74, 6) is -1.78. The van der Waals surface area contributed by atoms with Gasteiger partial charge in [0.2, 0.25) is 5.91 Å². The zero-order chi connectivity index (χ0) is 13.3. The molecule has 0 bridgehead atoms. The van der Waals surface area contributed by atoms with Crippen LogP contribution >= 0.6 is 0 Å². The number of carboxylic acid groups (broad SMARTS) is 1. The number of anilines is 1. The molecule has 5 nitrogen and oxygen atoms in total. The molecule has 1 aliphatic rings. The molecule has 1 saturated heterocycles. The van der Waals surface area contributed by atoms with Gasteiger partial charge < -0.3 is 10.0 Å². The lowest BCUT2D eigenvalue weighted by atomic mass is 10.1. The fourth-order valence-electron chi connectivity index (χ4n) is 2.06. The largest absolute Gasteiger partial charge is 0.481 e. The van der Waals surface area contributed by atoms with Gasteiger partial charge >= 0.3 is 5.97 Å². The van der Waals surface area contributed by atoms with Crippen LogP contribution in [0.3, 0.4) is 0 Å². The number of hydrogen-bond acceptors (Lipinski definition) is 3. The van der Waals surface area contributed by atoms with E-state index in [4.69, 9.17) is 10.4 Å². The number of aryl methyl sites for hydroxylation is 1. The number of nitriles is 1. The van der Waals surface area contributed by atoms with Crippen molar-refractivity contribution in [1.29, 1.82) is 5.26 Å². The molecule has 0 aromatic heterocycles. The van der Waals surface area contributed by atoms with Crippen molar-refractivity contribution in [1.82, 2.24) is 0 Å². The summed E-state index contributed by atoms with van der Waals surface area (Å²) in [6.07, 6.45) is 0.0361. The van der Waals surface area contributed by atoms with Gasteiger partial charge in [-0.1, -0.05) is 0 Å². The standard InChI is InChI=1S/C13H12N2O3/c1-8-4-11(3-2-9(8)6-14)15-7-10(13(17)18)5-12(15)16/h2-4,10H,5,7H2,1H3,(H,17,18). The first-order valence-electron chi connectivity index (χ1n) is 5.57. The van der Waals surface area contributed by atoms with Gasteiger partial charge in [0.15, 0.2) is 0 Å². The lowest BCUT2D eigenvalue weighted by molar-refractivity contribution is -0.141. The smallest absolute Gasteiger partial charge is 0.308 e. The molecule has 0 spiro atoms. The van der Waals surface area contributed by atoms with Crippen LogP contribution in [0.5, 0.6) is 0 Å². The van der Waals surface area contributed by atoms with Crippen LogP contribution in [0.2, 0.25) is 0 Å². The van der Waals surface area contributed by atoms with Gasteiger partial charge in [0.1, 0.15) is 0 Å². The molecule has 5 heteroatoms. The highest BCUT2D eigenvalue weighted by Gasteiger charge is 2.35. The van der Waals surface area contributed by atoms with Crippen molar-refractivity contribution in [2.45, 2.75) is 13.3 Å². The summed E-state index contributed by atoms with van der Waals surface area (Å²) in [6, 6.07) is 7.11. The van der Waals surface area contributed by atoms with Crippen molar-refractivity contribution in [2.24, 2.45) is 5.92 Å². The molecule has 2 rings (SSSR count). The summed E-state index contributed by atoms with van der Waals surface area (Å²) in [5.41, 5.74) is 1.99. The Morgan fingerprint density at radius 1 is 1.56 bits per heavy atom. The van der Waals surface area contributed by atoms with Gasteiger partial charge in [-0.3, -0.25) is 9.59 Å². The molecule has 1 atom stereocenters. The molecule has 1 aliphatic heterocycles. The maximum Gasteiger partial charge on any atom is 0.308 e. The first kappa shape index (κ1) is 12.1. The summed E-state index contributed by atoms with van der Waals surface area (Å²) < 4.78 is 0. The van der Waals surface area contributed by atoms with Crippen LogP contribution in [-0.2, 0) is 9.59 Å². The number of rotatable bonds is 2. The number of hydrogen-bond donors (Lipinski definition) is 1. The molecule has 0 aliphatic carbocycles. The number of benzene rings is 1. The third-order valence-corrected chi connectivity index (χ3v) is 3.12. The van der Waals surface area contributed by atoms with Gasteiger partial charge in [0.05, 0.1) is 17.6 Å². The van der Waals surface area contributed by atoms with E-state index in [1.807, 2.05) is 0 Å². The Hall–Kier alpha value is -2.35. The summed E-state index contributed by atoms with van der Waals surface area (Å²) >= 11 is 0. The molecule has 0 saturated carbocycles. The van der Waals surface area contributed by atoms with Crippen molar-refractivity contribution in [3.05, 3.63) is 29.3 Å². The van der Waals surface area contributed by atoms with E-state index in [1.54, 1.807) is 25.1 Å². The van der Waals surface area contributed by atoms with Crippen LogP contribution in [0, 0.1) is 24.2 Å². The maximum atomic E-state index is 11.8. The summed E-state index contributed by atoms with van der Waals surface area (Å²) in [5, 5.41) is 17.7. The molecule has 1 amide bonds. The van der Waals surface area contributed by atoms with Crippen LogP contribution in [0.1, 0.15) is 17.5 Å². The molecular formula is C13H12N2O3. The van der Waals surface area contributed by atoms with E-state index in [2.05, 4.69) is 6.07 Å². The first-order chi connectivity index (χ1) is 8.52. The molecule has 18 heavy (non-hydrogen) atoms. The van der Waals surface area contributed by atoms with Gasteiger partial charge in [-0.2, -0.15) is 5.26 Å². The van der Waals surface area contributed by atoms with Crippen molar-refractivity contribution in [3.63, 3.8) is 0 Å². The van der Waals surface area contributed by atoms with Crippen LogP contribution in [0.25, 0.3) is 0 Å². The second-order valence-corrected chi connectivity index (χ2v) is 4.35. The molecule has 1 aromatic rings. The Morgan fingerprint density at radius 3 is 2.78 bits per heavy atom. The quantitative estimate of drug-likeness (QED) is 0.850. The van der Waals surface area contributed by atoms with Gasteiger partial charge in [-0.25, -0.2) is 0 Å². The predicted molar refractivity (Wildman–Crippen MR) is 64.0 cm³/mol. The van der Waals surface area contributed by atoms with Crippen LogP contribution in [0.4, 0.5) is 5.69 Å². The number of carbonyl (C=O) groups excluding carboxylic acids is 1. The number of carbonyl (C=O) groups is 2. The molecule has 1 heterocycles. The van der Waals surface area contributed by atoms with E-state index in [1.165, 1.54) is 4.90 Å². The first-order valence-corrected chi connectivity index (χ1v) is 5.57. The van der Waals surface area contributed by atoms with Gasteiger partial charge in [0, 0.05) is 18.7 Å². The molecule has 1 N–H and O–H groups in total. The predicted octanol–water partition coefficient (Wildman–Crippen LogP) is 1.30. The van der Waals surface area contributed by atoms with Gasteiger partial charge in [0.25, 0.3) is 0 Å². The number of amides is 1.